The van der Waals surface area contributed by atoms with Crippen LogP contribution >= 0.6 is 11.3 Å². The van der Waals surface area contributed by atoms with Gasteiger partial charge in [0.15, 0.2) is 5.82 Å². The van der Waals surface area contributed by atoms with Crippen molar-refractivity contribution >= 4 is 33.8 Å². The number of rotatable bonds is 5. The summed E-state index contributed by atoms with van der Waals surface area (Å²) in [5, 5.41) is 11.6. The van der Waals surface area contributed by atoms with Gasteiger partial charge in [0.1, 0.15) is 5.76 Å². The third kappa shape index (κ3) is 4.24. The molecule has 190 valence electrons. The molecular weight excluding hydrogens is 506 g/mol. The van der Waals surface area contributed by atoms with Crippen molar-refractivity contribution in [3.8, 4) is 11.4 Å². The van der Waals surface area contributed by atoms with Crippen molar-refractivity contribution in [2.75, 3.05) is 5.01 Å². The predicted octanol–water partition coefficient (Wildman–Crippen LogP) is 5.62. The molecule has 7 nitrogen and oxygen atoms in total. The Hall–Kier alpha value is -4.82. The topological polar surface area (TPSA) is 76.0 Å². The fourth-order valence-electron chi connectivity index (χ4n) is 4.93. The molecule has 0 bridgehead atoms. The molecule has 3 aromatic carbocycles. The smallest absolute Gasteiger partial charge is 0.291 e. The van der Waals surface area contributed by atoms with Crippen LogP contribution in [0.2, 0.25) is 0 Å². The van der Waals surface area contributed by atoms with Gasteiger partial charge >= 0.3 is 0 Å². The first-order chi connectivity index (χ1) is 19.1. The number of aromatic nitrogens is 3. The Morgan fingerprint density at radius 1 is 0.949 bits per heavy atom. The molecule has 8 heteroatoms. The van der Waals surface area contributed by atoms with E-state index in [0.29, 0.717) is 15.3 Å². The lowest BCUT2D eigenvalue weighted by atomic mass is 9.98. The third-order valence-corrected chi connectivity index (χ3v) is 7.90. The fourth-order valence-corrected chi connectivity index (χ4v) is 5.84. The molecular formula is C31H23N5O2S. The summed E-state index contributed by atoms with van der Waals surface area (Å²) in [5.74, 6) is 1.22. The molecule has 7 rings (SSSR count). The summed E-state index contributed by atoms with van der Waals surface area (Å²) in [5.41, 5.74) is 5.95. The second kappa shape index (κ2) is 9.49. The monoisotopic (exact) mass is 529 g/mol. The minimum absolute atomic E-state index is 0.105. The molecule has 1 aliphatic heterocycles. The first-order valence-corrected chi connectivity index (χ1v) is 13.5. The zero-order valence-corrected chi connectivity index (χ0v) is 21.9. The number of benzene rings is 3. The molecule has 39 heavy (non-hydrogen) atoms. The second-order valence-corrected chi connectivity index (χ2v) is 10.4. The summed E-state index contributed by atoms with van der Waals surface area (Å²) in [6, 6.07) is 30.9. The maximum absolute atomic E-state index is 13.0. The highest BCUT2D eigenvalue weighted by Gasteiger charge is 2.29. The average molecular weight is 530 g/mol. The Bertz CT molecular complexity index is 1920. The second-order valence-electron chi connectivity index (χ2n) is 9.42. The fraction of sp³-hybridized carbons (Fsp3) is 0.0968. The van der Waals surface area contributed by atoms with Crippen LogP contribution in [0.3, 0.4) is 0 Å². The van der Waals surface area contributed by atoms with Crippen LogP contribution in [0.25, 0.3) is 22.4 Å². The minimum Gasteiger partial charge on any atom is -0.469 e. The first kappa shape index (κ1) is 23.3. The Kier molecular flexibility index (Phi) is 5.67. The van der Waals surface area contributed by atoms with Gasteiger partial charge in [0, 0.05) is 6.42 Å². The molecule has 1 aliphatic rings. The Balaban J connectivity index is 1.21. The third-order valence-electron chi connectivity index (χ3n) is 6.94. The first-order valence-electron chi connectivity index (χ1n) is 12.7. The van der Waals surface area contributed by atoms with Crippen LogP contribution in [0.4, 0.5) is 5.69 Å². The Morgan fingerprint density at radius 3 is 2.38 bits per heavy atom. The highest BCUT2D eigenvalue weighted by molar-refractivity contribution is 7.15. The number of hydrogen-bond acceptors (Lipinski definition) is 7. The summed E-state index contributed by atoms with van der Waals surface area (Å²) in [6.07, 6.45) is 4.30. The molecule has 0 aliphatic carbocycles. The van der Waals surface area contributed by atoms with Gasteiger partial charge in [0.2, 0.25) is 4.96 Å². The van der Waals surface area contributed by atoms with Crippen molar-refractivity contribution in [2.45, 2.75) is 19.4 Å². The quantitative estimate of drug-likeness (QED) is 0.290. The van der Waals surface area contributed by atoms with Crippen molar-refractivity contribution < 1.29 is 4.42 Å². The van der Waals surface area contributed by atoms with Crippen LogP contribution in [0.5, 0.6) is 0 Å². The van der Waals surface area contributed by atoms with Gasteiger partial charge in [-0.05, 0) is 47.9 Å². The number of furan rings is 1. The Labute approximate surface area is 228 Å². The van der Waals surface area contributed by atoms with E-state index in [9.17, 15) is 4.79 Å². The van der Waals surface area contributed by atoms with Crippen LogP contribution in [-0.4, -0.2) is 20.3 Å². The van der Waals surface area contributed by atoms with E-state index in [4.69, 9.17) is 9.52 Å². The van der Waals surface area contributed by atoms with Gasteiger partial charge in [-0.3, -0.25) is 9.80 Å². The number of aryl methyl sites for hydroxylation is 1. The number of thiazole rings is 1. The normalized spacial score (nSPS) is 15.8. The number of fused-ring (bicyclic) bond motifs is 1. The molecule has 6 aromatic rings. The molecule has 0 saturated carbocycles. The van der Waals surface area contributed by atoms with E-state index >= 15 is 0 Å². The molecule has 1 atom stereocenters. The maximum Gasteiger partial charge on any atom is 0.291 e. The van der Waals surface area contributed by atoms with Crippen LogP contribution in [0.1, 0.15) is 34.9 Å². The van der Waals surface area contributed by atoms with E-state index in [1.807, 2.05) is 55.5 Å². The summed E-state index contributed by atoms with van der Waals surface area (Å²) < 4.78 is 7.30. The van der Waals surface area contributed by atoms with Crippen molar-refractivity contribution in [2.24, 2.45) is 5.10 Å². The molecule has 0 N–H and O–H groups in total. The molecule has 0 saturated heterocycles. The van der Waals surface area contributed by atoms with Crippen LogP contribution in [0.15, 0.2) is 112 Å². The van der Waals surface area contributed by atoms with Gasteiger partial charge < -0.3 is 4.42 Å². The van der Waals surface area contributed by atoms with Crippen molar-refractivity contribution in [1.29, 1.82) is 0 Å². The molecule has 0 amide bonds. The highest BCUT2D eigenvalue weighted by atomic mass is 32.1. The number of anilines is 1. The number of hydrogen-bond donors (Lipinski definition) is 0. The highest BCUT2D eigenvalue weighted by Crippen LogP contribution is 2.36. The zero-order valence-electron chi connectivity index (χ0n) is 21.1. The predicted molar refractivity (Wildman–Crippen MR) is 154 cm³/mol. The van der Waals surface area contributed by atoms with Gasteiger partial charge in [0.25, 0.3) is 5.56 Å². The summed E-state index contributed by atoms with van der Waals surface area (Å²) in [6.45, 7) is 1.85. The molecule has 0 fully saturated rings. The number of hydrazone groups is 1. The van der Waals surface area contributed by atoms with E-state index < -0.39 is 0 Å². The lowest BCUT2D eigenvalue weighted by Gasteiger charge is -2.24. The maximum atomic E-state index is 13.0. The van der Waals surface area contributed by atoms with Gasteiger partial charge in [0.05, 0.1) is 33.8 Å². The van der Waals surface area contributed by atoms with Crippen LogP contribution < -0.4 is 15.1 Å². The van der Waals surface area contributed by atoms with Gasteiger partial charge in [-0.15, -0.1) is 5.10 Å². The van der Waals surface area contributed by atoms with Gasteiger partial charge in [-0.1, -0.05) is 84.1 Å². The standard InChI is InChI=1S/C31H23N5O2S/c1-20-25(16-17-38-20)29-32-31-36(34-29)30(37)28(39-31)18-21-12-14-24(15-13-21)35-27(23-10-6-3-7-11-23)19-26(33-35)22-8-4-2-5-9-22/h2-18,27H,19H2,1H3/b28-18-. The SMILES string of the molecule is Cc1occc1-c1nc2s/c(=C\c3ccc(N4N=C(c5ccccc5)CC4c4ccccc4)cc3)c(=O)n2n1. The van der Waals surface area contributed by atoms with Gasteiger partial charge in [-0.2, -0.15) is 14.6 Å². The van der Waals surface area contributed by atoms with E-state index in [2.05, 4.69) is 63.6 Å². The van der Waals surface area contributed by atoms with Crippen LogP contribution in [0, 0.1) is 6.92 Å². The molecule has 0 radical (unpaired) electrons. The van der Waals surface area contributed by atoms with E-state index in [-0.39, 0.29) is 11.6 Å². The zero-order chi connectivity index (χ0) is 26.3. The van der Waals surface area contributed by atoms with Crippen molar-refractivity contribution in [3.63, 3.8) is 0 Å². The minimum atomic E-state index is -0.181. The number of nitrogens with zero attached hydrogens (tertiary/aromatic N) is 5. The molecule has 0 spiro atoms. The summed E-state index contributed by atoms with van der Waals surface area (Å²) >= 11 is 1.33. The Morgan fingerprint density at radius 2 is 1.69 bits per heavy atom. The van der Waals surface area contributed by atoms with Crippen molar-refractivity contribution in [1.82, 2.24) is 14.6 Å². The summed E-state index contributed by atoms with van der Waals surface area (Å²) in [7, 11) is 0. The van der Waals surface area contributed by atoms with E-state index in [1.54, 1.807) is 6.26 Å². The molecule has 4 heterocycles. The van der Waals surface area contributed by atoms with Crippen molar-refractivity contribution in [3.05, 3.63) is 135 Å². The largest absolute Gasteiger partial charge is 0.469 e. The van der Waals surface area contributed by atoms with Crippen LogP contribution in [-0.2, 0) is 0 Å². The molecule has 1 unspecified atom stereocenters. The van der Waals surface area contributed by atoms with E-state index in [1.165, 1.54) is 21.4 Å². The lowest BCUT2D eigenvalue weighted by molar-refractivity contribution is 0.535. The summed E-state index contributed by atoms with van der Waals surface area (Å²) in [4.78, 5) is 18.1. The lowest BCUT2D eigenvalue weighted by Crippen LogP contribution is -2.23. The average Bonchev–Trinajstić information content (AvgIpc) is 3.76. The van der Waals surface area contributed by atoms with E-state index in [0.717, 1.165) is 40.3 Å². The van der Waals surface area contributed by atoms with Gasteiger partial charge in [-0.25, -0.2) is 0 Å². The molecule has 3 aromatic heterocycles.